The van der Waals surface area contributed by atoms with E-state index in [2.05, 4.69) is 10.3 Å². The largest absolute Gasteiger partial charge is 0.416 e. The van der Waals surface area contributed by atoms with Crippen LogP contribution in [0, 0.1) is 6.92 Å². The summed E-state index contributed by atoms with van der Waals surface area (Å²) in [5.41, 5.74) is 0.984. The highest BCUT2D eigenvalue weighted by Gasteiger charge is 2.30. The fourth-order valence-corrected chi connectivity index (χ4v) is 2.76. The van der Waals surface area contributed by atoms with Gasteiger partial charge >= 0.3 is 6.18 Å². The van der Waals surface area contributed by atoms with Crippen LogP contribution in [0.4, 0.5) is 13.2 Å². The van der Waals surface area contributed by atoms with E-state index in [0.717, 1.165) is 27.7 Å². The SMILES string of the molecule is CNCc1sc(-c2ccc(C(F)(F)F)cc2)nc1C. The lowest BCUT2D eigenvalue weighted by Gasteiger charge is -2.06. The Kier molecular flexibility index (Phi) is 3.91. The maximum atomic E-state index is 12.5. The van der Waals surface area contributed by atoms with E-state index >= 15 is 0 Å². The van der Waals surface area contributed by atoms with Gasteiger partial charge in [0.15, 0.2) is 0 Å². The summed E-state index contributed by atoms with van der Waals surface area (Å²) >= 11 is 1.50. The van der Waals surface area contributed by atoms with Gasteiger partial charge in [-0.3, -0.25) is 0 Å². The Morgan fingerprint density at radius 2 is 1.84 bits per heavy atom. The highest BCUT2D eigenvalue weighted by Crippen LogP contribution is 2.32. The van der Waals surface area contributed by atoms with Gasteiger partial charge in [-0.15, -0.1) is 11.3 Å². The summed E-state index contributed by atoms with van der Waals surface area (Å²) in [4.78, 5) is 5.48. The number of benzene rings is 1. The lowest BCUT2D eigenvalue weighted by molar-refractivity contribution is -0.137. The average molecular weight is 286 g/mol. The molecule has 1 aromatic carbocycles. The molecule has 0 aliphatic carbocycles. The van der Waals surface area contributed by atoms with Gasteiger partial charge in [0.1, 0.15) is 5.01 Å². The van der Waals surface area contributed by atoms with Crippen molar-refractivity contribution in [3.63, 3.8) is 0 Å². The zero-order chi connectivity index (χ0) is 14.0. The molecule has 0 spiro atoms. The van der Waals surface area contributed by atoms with Gasteiger partial charge in [0, 0.05) is 17.0 Å². The second-order valence-electron chi connectivity index (χ2n) is 4.13. The first kappa shape index (κ1) is 14.0. The van der Waals surface area contributed by atoms with E-state index in [9.17, 15) is 13.2 Å². The number of hydrogen-bond acceptors (Lipinski definition) is 3. The molecule has 1 N–H and O–H groups in total. The lowest BCUT2D eigenvalue weighted by Crippen LogP contribution is -2.04. The Labute approximate surface area is 113 Å². The van der Waals surface area contributed by atoms with Crippen molar-refractivity contribution in [1.82, 2.24) is 10.3 Å². The zero-order valence-corrected chi connectivity index (χ0v) is 11.3. The highest BCUT2D eigenvalue weighted by molar-refractivity contribution is 7.15. The molecule has 0 unspecified atom stereocenters. The minimum atomic E-state index is -4.30. The maximum Gasteiger partial charge on any atom is 0.416 e. The Balaban J connectivity index is 2.30. The van der Waals surface area contributed by atoms with Crippen molar-refractivity contribution in [2.75, 3.05) is 7.05 Å². The smallest absolute Gasteiger partial charge is 0.315 e. The number of rotatable bonds is 3. The van der Waals surface area contributed by atoms with E-state index in [1.807, 2.05) is 14.0 Å². The van der Waals surface area contributed by atoms with Crippen LogP contribution < -0.4 is 5.32 Å². The van der Waals surface area contributed by atoms with Gasteiger partial charge in [-0.05, 0) is 26.1 Å². The number of aryl methyl sites for hydroxylation is 1. The first-order chi connectivity index (χ1) is 8.91. The van der Waals surface area contributed by atoms with Gasteiger partial charge in [0.25, 0.3) is 0 Å². The molecular weight excluding hydrogens is 273 g/mol. The van der Waals surface area contributed by atoms with Crippen LogP contribution >= 0.6 is 11.3 Å². The van der Waals surface area contributed by atoms with Gasteiger partial charge in [-0.2, -0.15) is 13.2 Å². The van der Waals surface area contributed by atoms with Crippen LogP contribution in [-0.4, -0.2) is 12.0 Å². The van der Waals surface area contributed by atoms with Gasteiger partial charge in [0.2, 0.25) is 0 Å². The zero-order valence-electron chi connectivity index (χ0n) is 10.5. The number of nitrogens with one attached hydrogen (secondary N) is 1. The van der Waals surface area contributed by atoms with Crippen molar-refractivity contribution in [2.24, 2.45) is 0 Å². The predicted molar refractivity (Wildman–Crippen MR) is 70.1 cm³/mol. The molecule has 0 aliphatic rings. The third kappa shape index (κ3) is 3.13. The number of halogens is 3. The molecule has 1 aromatic heterocycles. The Morgan fingerprint density at radius 1 is 1.21 bits per heavy atom. The van der Waals surface area contributed by atoms with Crippen LogP contribution in [-0.2, 0) is 12.7 Å². The third-order valence-corrected chi connectivity index (χ3v) is 3.90. The molecule has 0 atom stereocenters. The summed E-state index contributed by atoms with van der Waals surface area (Å²) in [7, 11) is 1.84. The molecule has 0 aliphatic heterocycles. The molecule has 0 saturated carbocycles. The summed E-state index contributed by atoms with van der Waals surface area (Å²) in [5, 5.41) is 3.79. The number of nitrogens with zero attached hydrogens (tertiary/aromatic N) is 1. The maximum absolute atomic E-state index is 12.5. The molecular formula is C13H13F3N2S. The lowest BCUT2D eigenvalue weighted by atomic mass is 10.1. The number of thiazole rings is 1. The molecule has 0 amide bonds. The van der Waals surface area contributed by atoms with Crippen molar-refractivity contribution in [3.8, 4) is 10.6 Å². The Morgan fingerprint density at radius 3 is 2.37 bits per heavy atom. The Bertz CT molecular complexity index is 558. The normalized spacial score (nSPS) is 11.8. The van der Waals surface area contributed by atoms with Crippen LogP contribution in [0.25, 0.3) is 10.6 Å². The molecule has 2 aromatic rings. The van der Waals surface area contributed by atoms with Crippen molar-refractivity contribution in [3.05, 3.63) is 40.4 Å². The van der Waals surface area contributed by atoms with E-state index < -0.39 is 11.7 Å². The molecule has 1 heterocycles. The van der Waals surface area contributed by atoms with Crippen molar-refractivity contribution in [1.29, 1.82) is 0 Å². The fourth-order valence-electron chi connectivity index (χ4n) is 1.68. The van der Waals surface area contributed by atoms with E-state index in [-0.39, 0.29) is 0 Å². The molecule has 6 heteroatoms. The summed E-state index contributed by atoms with van der Waals surface area (Å²) in [5.74, 6) is 0. The van der Waals surface area contributed by atoms with Crippen molar-refractivity contribution < 1.29 is 13.2 Å². The molecule has 2 nitrogen and oxygen atoms in total. The number of hydrogen-bond donors (Lipinski definition) is 1. The quantitative estimate of drug-likeness (QED) is 0.927. The highest BCUT2D eigenvalue weighted by atomic mass is 32.1. The minimum Gasteiger partial charge on any atom is -0.315 e. The van der Waals surface area contributed by atoms with E-state index in [1.165, 1.54) is 23.5 Å². The molecule has 2 rings (SSSR count). The standard InChI is InChI=1S/C13H13F3N2S/c1-8-11(7-17-2)19-12(18-8)9-3-5-10(6-4-9)13(14,15)16/h3-6,17H,7H2,1-2H3. The summed E-state index contributed by atoms with van der Waals surface area (Å²) in [6.45, 7) is 2.61. The van der Waals surface area contributed by atoms with E-state index in [1.54, 1.807) is 0 Å². The van der Waals surface area contributed by atoms with Crippen LogP contribution in [0.1, 0.15) is 16.1 Å². The van der Waals surface area contributed by atoms with Gasteiger partial charge in [0.05, 0.1) is 11.3 Å². The molecule has 0 radical (unpaired) electrons. The van der Waals surface area contributed by atoms with E-state index in [4.69, 9.17) is 0 Å². The number of alkyl halides is 3. The monoisotopic (exact) mass is 286 g/mol. The predicted octanol–water partition coefficient (Wildman–Crippen LogP) is 3.86. The minimum absolute atomic E-state index is 0.639. The fraction of sp³-hybridized carbons (Fsp3) is 0.308. The summed E-state index contributed by atoms with van der Waals surface area (Å²) < 4.78 is 37.4. The van der Waals surface area contributed by atoms with Crippen molar-refractivity contribution >= 4 is 11.3 Å². The average Bonchev–Trinajstić information content (AvgIpc) is 2.71. The van der Waals surface area contributed by atoms with Crippen LogP contribution in [0.3, 0.4) is 0 Å². The van der Waals surface area contributed by atoms with Crippen LogP contribution in [0.2, 0.25) is 0 Å². The van der Waals surface area contributed by atoms with Gasteiger partial charge < -0.3 is 5.32 Å². The molecule has 102 valence electrons. The first-order valence-electron chi connectivity index (χ1n) is 5.70. The molecule has 0 bridgehead atoms. The topological polar surface area (TPSA) is 24.9 Å². The number of aromatic nitrogens is 1. The molecule has 0 fully saturated rings. The second-order valence-corrected chi connectivity index (χ2v) is 5.22. The van der Waals surface area contributed by atoms with Crippen LogP contribution in [0.15, 0.2) is 24.3 Å². The van der Waals surface area contributed by atoms with Crippen LogP contribution in [0.5, 0.6) is 0 Å². The van der Waals surface area contributed by atoms with E-state index in [0.29, 0.717) is 12.1 Å². The van der Waals surface area contributed by atoms with Gasteiger partial charge in [-0.1, -0.05) is 12.1 Å². The first-order valence-corrected chi connectivity index (χ1v) is 6.52. The molecule has 0 saturated heterocycles. The van der Waals surface area contributed by atoms with Gasteiger partial charge in [-0.25, -0.2) is 4.98 Å². The summed E-state index contributed by atoms with van der Waals surface area (Å²) in [6.07, 6.45) is -4.30. The molecule has 19 heavy (non-hydrogen) atoms. The Hall–Kier alpha value is -1.40. The second kappa shape index (κ2) is 5.30. The van der Waals surface area contributed by atoms with Crippen molar-refractivity contribution in [2.45, 2.75) is 19.6 Å². The summed E-state index contributed by atoms with van der Waals surface area (Å²) in [6, 6.07) is 5.10. The third-order valence-electron chi connectivity index (χ3n) is 2.69.